The lowest BCUT2D eigenvalue weighted by Gasteiger charge is -1.94. The largest absolute Gasteiger partial charge is 0.359 e. The average molecular weight is 253 g/mol. The number of aromatic nitrogens is 1. The van der Waals surface area contributed by atoms with E-state index in [4.69, 9.17) is 10.3 Å². The maximum atomic E-state index is 5.43. The summed E-state index contributed by atoms with van der Waals surface area (Å²) >= 11 is 3.40. The molecule has 0 fully saturated rings. The number of halogens is 1. The second-order valence-corrected chi connectivity index (χ2v) is 3.81. The van der Waals surface area contributed by atoms with E-state index in [1.54, 1.807) is 0 Å². The van der Waals surface area contributed by atoms with Crippen LogP contribution in [0.5, 0.6) is 0 Å². The molecule has 0 radical (unpaired) electrons. The molecule has 14 heavy (non-hydrogen) atoms. The van der Waals surface area contributed by atoms with Crippen LogP contribution in [0.15, 0.2) is 39.3 Å². The summed E-state index contributed by atoms with van der Waals surface area (Å²) in [6, 6.07) is 9.73. The molecule has 2 aromatic rings. The molecule has 0 atom stereocenters. The van der Waals surface area contributed by atoms with Crippen LogP contribution in [-0.2, 0) is 6.54 Å². The van der Waals surface area contributed by atoms with Gasteiger partial charge >= 0.3 is 0 Å². The fraction of sp³-hybridized carbons (Fsp3) is 0.100. The minimum atomic E-state index is 0.376. The summed E-state index contributed by atoms with van der Waals surface area (Å²) in [4.78, 5) is 0. The van der Waals surface area contributed by atoms with E-state index in [1.807, 2.05) is 30.3 Å². The van der Waals surface area contributed by atoms with E-state index in [2.05, 4.69) is 21.1 Å². The molecule has 2 rings (SSSR count). The van der Waals surface area contributed by atoms with Crippen molar-refractivity contribution in [3.05, 3.63) is 40.6 Å². The van der Waals surface area contributed by atoms with Gasteiger partial charge in [-0.1, -0.05) is 33.2 Å². The zero-order valence-corrected chi connectivity index (χ0v) is 8.99. The summed E-state index contributed by atoms with van der Waals surface area (Å²) in [5.74, 6) is 0.694. The second kappa shape index (κ2) is 3.94. The molecule has 0 bridgehead atoms. The molecule has 0 unspecified atom stereocenters. The van der Waals surface area contributed by atoms with Gasteiger partial charge in [0.05, 0.1) is 6.54 Å². The molecule has 3 nitrogen and oxygen atoms in total. The van der Waals surface area contributed by atoms with Crippen LogP contribution >= 0.6 is 15.9 Å². The van der Waals surface area contributed by atoms with Gasteiger partial charge in [0.15, 0.2) is 5.76 Å². The lowest BCUT2D eigenvalue weighted by Crippen LogP contribution is -1.92. The lowest BCUT2D eigenvalue weighted by atomic mass is 10.1. The average Bonchev–Trinajstić information content (AvgIpc) is 2.66. The van der Waals surface area contributed by atoms with Gasteiger partial charge in [-0.25, -0.2) is 0 Å². The van der Waals surface area contributed by atoms with Crippen molar-refractivity contribution in [1.29, 1.82) is 0 Å². The van der Waals surface area contributed by atoms with Gasteiger partial charge < -0.3 is 10.3 Å². The topological polar surface area (TPSA) is 52.0 Å². The Kier molecular flexibility index (Phi) is 2.65. The van der Waals surface area contributed by atoms with Gasteiger partial charge in [0.2, 0.25) is 0 Å². The van der Waals surface area contributed by atoms with Gasteiger partial charge in [-0.05, 0) is 12.1 Å². The number of nitrogens with zero attached hydrogens (tertiary/aromatic N) is 1. The van der Waals surface area contributed by atoms with Crippen LogP contribution in [0.3, 0.4) is 0 Å². The second-order valence-electron chi connectivity index (χ2n) is 2.89. The maximum absolute atomic E-state index is 5.43. The molecule has 1 aromatic heterocycles. The highest BCUT2D eigenvalue weighted by Gasteiger charge is 2.04. The molecule has 0 saturated carbocycles. The molecule has 0 saturated heterocycles. The fourth-order valence-corrected chi connectivity index (χ4v) is 1.59. The molecule has 1 heterocycles. The third-order valence-electron chi connectivity index (χ3n) is 1.88. The van der Waals surface area contributed by atoms with E-state index < -0.39 is 0 Å². The maximum Gasteiger partial charge on any atom is 0.150 e. The molecule has 0 spiro atoms. The van der Waals surface area contributed by atoms with Crippen LogP contribution < -0.4 is 5.73 Å². The number of hydrogen-bond acceptors (Lipinski definition) is 3. The Morgan fingerprint density at radius 3 is 2.86 bits per heavy atom. The Morgan fingerprint density at radius 2 is 2.21 bits per heavy atom. The quantitative estimate of drug-likeness (QED) is 0.894. The molecule has 0 aliphatic rings. The van der Waals surface area contributed by atoms with E-state index in [1.165, 1.54) is 0 Å². The Bertz CT molecular complexity index is 439. The molecular weight excluding hydrogens is 244 g/mol. The first-order valence-corrected chi connectivity index (χ1v) is 5.00. The standard InChI is InChI=1S/C10H9BrN2O/c11-8-3-1-2-7(4-8)10-5-9(6-12)14-13-10/h1-5H,6,12H2. The van der Waals surface area contributed by atoms with Crippen molar-refractivity contribution < 1.29 is 4.52 Å². The minimum absolute atomic E-state index is 0.376. The highest BCUT2D eigenvalue weighted by molar-refractivity contribution is 9.10. The van der Waals surface area contributed by atoms with Gasteiger partial charge in [-0.2, -0.15) is 0 Å². The molecule has 1 aromatic carbocycles. The van der Waals surface area contributed by atoms with Gasteiger partial charge in [-0.15, -0.1) is 0 Å². The van der Waals surface area contributed by atoms with Gasteiger partial charge in [0.25, 0.3) is 0 Å². The monoisotopic (exact) mass is 252 g/mol. The van der Waals surface area contributed by atoms with Crippen molar-refractivity contribution in [1.82, 2.24) is 5.16 Å². The third-order valence-corrected chi connectivity index (χ3v) is 2.37. The zero-order valence-electron chi connectivity index (χ0n) is 7.40. The van der Waals surface area contributed by atoms with E-state index >= 15 is 0 Å². The van der Waals surface area contributed by atoms with Gasteiger partial charge in [0, 0.05) is 16.1 Å². The van der Waals surface area contributed by atoms with E-state index in [0.717, 1.165) is 15.7 Å². The predicted molar refractivity (Wildman–Crippen MR) is 57.5 cm³/mol. The van der Waals surface area contributed by atoms with Crippen LogP contribution in [0.2, 0.25) is 0 Å². The Labute approximate surface area is 90.0 Å². The molecule has 4 heteroatoms. The summed E-state index contributed by atoms with van der Waals surface area (Å²) < 4.78 is 6.04. The molecule has 0 aliphatic carbocycles. The Balaban J connectivity index is 2.39. The molecule has 2 N–H and O–H groups in total. The third kappa shape index (κ3) is 1.86. The SMILES string of the molecule is NCc1cc(-c2cccc(Br)c2)no1. The summed E-state index contributed by atoms with van der Waals surface area (Å²) in [6.45, 7) is 0.376. The van der Waals surface area contributed by atoms with E-state index in [0.29, 0.717) is 12.3 Å². The first kappa shape index (κ1) is 9.43. The first-order valence-electron chi connectivity index (χ1n) is 4.21. The first-order chi connectivity index (χ1) is 6.79. The molecule has 0 amide bonds. The summed E-state index contributed by atoms with van der Waals surface area (Å²) in [6.07, 6.45) is 0. The smallest absolute Gasteiger partial charge is 0.150 e. The summed E-state index contributed by atoms with van der Waals surface area (Å²) in [7, 11) is 0. The van der Waals surface area contributed by atoms with Crippen LogP contribution in [0.4, 0.5) is 0 Å². The zero-order chi connectivity index (χ0) is 9.97. The number of hydrogen-bond donors (Lipinski definition) is 1. The molecule has 72 valence electrons. The lowest BCUT2D eigenvalue weighted by molar-refractivity contribution is 0.387. The van der Waals surface area contributed by atoms with E-state index in [9.17, 15) is 0 Å². The molecular formula is C10H9BrN2O. The van der Waals surface area contributed by atoms with Crippen molar-refractivity contribution in [3.63, 3.8) is 0 Å². The van der Waals surface area contributed by atoms with E-state index in [-0.39, 0.29) is 0 Å². The number of rotatable bonds is 2. The van der Waals surface area contributed by atoms with Crippen molar-refractivity contribution >= 4 is 15.9 Å². The fourth-order valence-electron chi connectivity index (χ4n) is 1.19. The van der Waals surface area contributed by atoms with Crippen LogP contribution in [0.1, 0.15) is 5.76 Å². The van der Waals surface area contributed by atoms with Crippen molar-refractivity contribution in [2.45, 2.75) is 6.54 Å². The highest BCUT2D eigenvalue weighted by Crippen LogP contribution is 2.22. The van der Waals surface area contributed by atoms with Crippen LogP contribution in [-0.4, -0.2) is 5.16 Å². The Hall–Kier alpha value is -1.13. The van der Waals surface area contributed by atoms with Crippen molar-refractivity contribution in [2.75, 3.05) is 0 Å². The minimum Gasteiger partial charge on any atom is -0.359 e. The summed E-state index contributed by atoms with van der Waals surface area (Å²) in [5, 5.41) is 3.92. The van der Waals surface area contributed by atoms with Crippen molar-refractivity contribution in [3.8, 4) is 11.3 Å². The van der Waals surface area contributed by atoms with Crippen molar-refractivity contribution in [2.24, 2.45) is 5.73 Å². The highest BCUT2D eigenvalue weighted by atomic mass is 79.9. The predicted octanol–water partition coefficient (Wildman–Crippen LogP) is 2.56. The van der Waals surface area contributed by atoms with Gasteiger partial charge in [-0.3, -0.25) is 0 Å². The van der Waals surface area contributed by atoms with Gasteiger partial charge in [0.1, 0.15) is 5.69 Å². The van der Waals surface area contributed by atoms with Crippen LogP contribution in [0, 0.1) is 0 Å². The van der Waals surface area contributed by atoms with Crippen LogP contribution in [0.25, 0.3) is 11.3 Å². The molecule has 0 aliphatic heterocycles. The summed E-state index contributed by atoms with van der Waals surface area (Å²) in [5.41, 5.74) is 7.26. The number of nitrogens with two attached hydrogens (primary N) is 1. The Morgan fingerprint density at radius 1 is 1.36 bits per heavy atom. The number of benzene rings is 1. The normalized spacial score (nSPS) is 10.4.